The molecule has 3 rings (SSSR count). The number of benzene rings is 1. The fourth-order valence-corrected chi connectivity index (χ4v) is 6.15. The Morgan fingerprint density at radius 3 is 2.58 bits per heavy atom. The van der Waals surface area contributed by atoms with Gasteiger partial charge in [-0.05, 0) is 64.0 Å². The molecular formula is C24H33N4O8PS. The maximum atomic E-state index is 12.6. The lowest BCUT2D eigenvalue weighted by Crippen LogP contribution is -2.48. The van der Waals surface area contributed by atoms with E-state index < -0.39 is 54.5 Å². The monoisotopic (exact) mass is 568 g/mol. The molecule has 0 spiro atoms. The standard InChI is InChI=1S/C24H33N4O8PS/c1-5-9-19(29)21-22(30)23(31)28(27-25-21)20-13-12-18(35-20)14-33-37(38,36-17-10-7-6-8-11-17)26-16(4)24(32)34-15(2)3/h6-8,10-11,15-16,18,20-21H,5,9,12-14H2,1-4H3,(H,26,38). The number of carbonyl (C=O) groups excluding carboxylic acids is 4. The molecule has 1 amide bonds. The average molecular weight is 569 g/mol. The molecule has 5 unspecified atom stereocenters. The number of nitrogens with one attached hydrogen (secondary N) is 1. The fourth-order valence-electron chi connectivity index (χ4n) is 3.72. The van der Waals surface area contributed by atoms with Crippen molar-refractivity contribution in [3.05, 3.63) is 30.3 Å². The number of esters is 1. The van der Waals surface area contributed by atoms with Crippen molar-refractivity contribution in [3.63, 3.8) is 0 Å². The number of hydrogen-bond donors (Lipinski definition) is 1. The smallest absolute Gasteiger partial charge is 0.323 e. The van der Waals surface area contributed by atoms with E-state index >= 15 is 0 Å². The lowest BCUT2D eigenvalue weighted by Gasteiger charge is -2.28. The molecule has 2 heterocycles. The molecule has 5 atom stereocenters. The second-order valence-electron chi connectivity index (χ2n) is 9.16. The van der Waals surface area contributed by atoms with Crippen LogP contribution in [0.5, 0.6) is 5.75 Å². The number of para-hydroxylation sites is 1. The summed E-state index contributed by atoms with van der Waals surface area (Å²) in [5.74, 6) is -2.32. The Morgan fingerprint density at radius 2 is 1.92 bits per heavy atom. The minimum Gasteiger partial charge on any atom is -0.462 e. The van der Waals surface area contributed by atoms with Gasteiger partial charge in [-0.15, -0.1) is 0 Å². The van der Waals surface area contributed by atoms with E-state index in [9.17, 15) is 19.2 Å². The highest BCUT2D eigenvalue weighted by Crippen LogP contribution is 2.46. The molecule has 0 radical (unpaired) electrons. The first-order chi connectivity index (χ1) is 18.0. The van der Waals surface area contributed by atoms with E-state index in [4.69, 9.17) is 30.3 Å². The molecule has 2 aliphatic heterocycles. The normalized spacial score (nSPS) is 23.8. The van der Waals surface area contributed by atoms with Crippen LogP contribution in [0.2, 0.25) is 0 Å². The topological polar surface area (TPSA) is 145 Å². The average Bonchev–Trinajstić information content (AvgIpc) is 3.33. The van der Waals surface area contributed by atoms with Gasteiger partial charge in [0, 0.05) is 6.42 Å². The second-order valence-corrected chi connectivity index (χ2v) is 12.3. The number of Topliss-reactive ketones (excluding diaryl/α,β-unsaturated/α-hetero) is 2. The van der Waals surface area contributed by atoms with Crippen LogP contribution in [-0.4, -0.2) is 65.6 Å². The number of ether oxygens (including phenoxy) is 2. The highest BCUT2D eigenvalue weighted by molar-refractivity contribution is 8.09. The van der Waals surface area contributed by atoms with E-state index in [1.165, 1.54) is 0 Å². The largest absolute Gasteiger partial charge is 0.462 e. The van der Waals surface area contributed by atoms with Gasteiger partial charge in [0.15, 0.2) is 18.1 Å². The quantitative estimate of drug-likeness (QED) is 0.163. The summed E-state index contributed by atoms with van der Waals surface area (Å²) in [6.07, 6.45) is -0.122. The predicted octanol–water partition coefficient (Wildman–Crippen LogP) is 3.26. The number of nitrogens with zero attached hydrogens (tertiary/aromatic N) is 3. The molecule has 1 aromatic rings. The first kappa shape index (κ1) is 30.0. The zero-order valence-corrected chi connectivity index (χ0v) is 23.5. The van der Waals surface area contributed by atoms with E-state index in [0.29, 0.717) is 25.0 Å². The Kier molecular flexibility index (Phi) is 10.6. The lowest BCUT2D eigenvalue weighted by atomic mass is 10.0. The summed E-state index contributed by atoms with van der Waals surface area (Å²) in [6, 6.07) is 6.62. The van der Waals surface area contributed by atoms with Crippen molar-refractivity contribution >= 4 is 41.9 Å². The van der Waals surface area contributed by atoms with E-state index in [1.807, 2.05) is 6.07 Å². The van der Waals surface area contributed by atoms with Gasteiger partial charge in [-0.3, -0.25) is 19.2 Å². The van der Waals surface area contributed by atoms with Crippen LogP contribution in [0.1, 0.15) is 53.4 Å². The Morgan fingerprint density at radius 1 is 1.21 bits per heavy atom. The molecule has 1 fully saturated rings. The maximum absolute atomic E-state index is 12.6. The van der Waals surface area contributed by atoms with Gasteiger partial charge >= 0.3 is 18.5 Å². The minimum absolute atomic E-state index is 0.00963. The highest BCUT2D eigenvalue weighted by Gasteiger charge is 2.43. The summed E-state index contributed by atoms with van der Waals surface area (Å²) in [6.45, 7) is 3.62. The molecule has 0 bridgehead atoms. The van der Waals surface area contributed by atoms with Gasteiger partial charge in [-0.1, -0.05) is 30.3 Å². The van der Waals surface area contributed by atoms with Crippen LogP contribution in [0.3, 0.4) is 0 Å². The van der Waals surface area contributed by atoms with Gasteiger partial charge in [0.05, 0.1) is 18.8 Å². The number of amides is 1. The van der Waals surface area contributed by atoms with Gasteiger partial charge in [-0.2, -0.15) is 10.1 Å². The van der Waals surface area contributed by atoms with Crippen molar-refractivity contribution < 1.29 is 37.7 Å². The molecule has 2 aliphatic rings. The molecule has 0 aliphatic carbocycles. The van der Waals surface area contributed by atoms with Crippen LogP contribution < -0.4 is 9.61 Å². The van der Waals surface area contributed by atoms with Crippen molar-refractivity contribution in [1.29, 1.82) is 0 Å². The molecular weight excluding hydrogens is 535 g/mol. The molecule has 12 nitrogen and oxygen atoms in total. The van der Waals surface area contributed by atoms with Crippen LogP contribution in [0.25, 0.3) is 0 Å². The van der Waals surface area contributed by atoms with Gasteiger partial charge in [0.25, 0.3) is 5.78 Å². The first-order valence-corrected chi connectivity index (χ1v) is 15.1. The molecule has 208 valence electrons. The Hall–Kier alpha value is -2.57. The van der Waals surface area contributed by atoms with E-state index in [2.05, 4.69) is 15.4 Å². The number of hydrogen-bond acceptors (Lipinski definition) is 11. The van der Waals surface area contributed by atoms with Crippen molar-refractivity contribution in [1.82, 2.24) is 10.1 Å². The van der Waals surface area contributed by atoms with Gasteiger partial charge in [0.2, 0.25) is 0 Å². The molecule has 38 heavy (non-hydrogen) atoms. The van der Waals surface area contributed by atoms with Crippen LogP contribution in [-0.2, 0) is 45.0 Å². The maximum Gasteiger partial charge on any atom is 0.323 e. The third-order valence-corrected chi connectivity index (χ3v) is 8.05. The number of carbonyl (C=O) groups is 4. The summed E-state index contributed by atoms with van der Waals surface area (Å²) in [4.78, 5) is 49.5. The van der Waals surface area contributed by atoms with Gasteiger partial charge in [0.1, 0.15) is 11.8 Å². The lowest BCUT2D eigenvalue weighted by molar-refractivity contribution is -0.160. The van der Waals surface area contributed by atoms with Crippen LogP contribution >= 0.6 is 6.64 Å². The number of rotatable bonds is 13. The number of ketones is 2. The fraction of sp³-hybridized carbons (Fsp3) is 0.583. The Bertz CT molecular complexity index is 1100. The summed E-state index contributed by atoms with van der Waals surface area (Å²) < 4.78 is 23.1. The summed E-state index contributed by atoms with van der Waals surface area (Å²) in [7, 11) is 0. The SMILES string of the molecule is CCCC(=O)C1N=NN(C2CCC(COP(=S)(NC(C)C(=O)OC(C)C)Oc3ccccc3)O2)C(=O)C1=O. The summed E-state index contributed by atoms with van der Waals surface area (Å²) >= 11 is 5.69. The van der Waals surface area contributed by atoms with Crippen molar-refractivity contribution in [2.75, 3.05) is 6.61 Å². The van der Waals surface area contributed by atoms with Crippen molar-refractivity contribution in [3.8, 4) is 5.75 Å². The van der Waals surface area contributed by atoms with Gasteiger partial charge < -0.3 is 18.5 Å². The van der Waals surface area contributed by atoms with E-state index in [0.717, 1.165) is 5.01 Å². The third-order valence-electron chi connectivity index (χ3n) is 5.55. The molecule has 0 aromatic heterocycles. The van der Waals surface area contributed by atoms with E-state index in [1.54, 1.807) is 52.0 Å². The zero-order valence-electron chi connectivity index (χ0n) is 21.8. The predicted molar refractivity (Wildman–Crippen MR) is 139 cm³/mol. The van der Waals surface area contributed by atoms with Crippen molar-refractivity contribution in [2.45, 2.75) is 83.9 Å². The van der Waals surface area contributed by atoms with Crippen LogP contribution in [0.4, 0.5) is 0 Å². The first-order valence-electron chi connectivity index (χ1n) is 12.5. The Labute approximate surface area is 226 Å². The molecule has 0 saturated carbocycles. The molecule has 1 saturated heterocycles. The second kappa shape index (κ2) is 13.5. The summed E-state index contributed by atoms with van der Waals surface area (Å²) in [5, 5.41) is 11.4. The van der Waals surface area contributed by atoms with Crippen molar-refractivity contribution in [2.24, 2.45) is 10.3 Å². The third kappa shape index (κ3) is 7.97. The molecule has 1 aromatic carbocycles. The molecule has 14 heteroatoms. The molecule has 1 N–H and O–H groups in total. The Balaban J connectivity index is 1.64. The van der Waals surface area contributed by atoms with E-state index in [-0.39, 0.29) is 19.1 Å². The van der Waals surface area contributed by atoms with Crippen LogP contribution in [0.15, 0.2) is 40.7 Å². The summed E-state index contributed by atoms with van der Waals surface area (Å²) in [5.41, 5.74) is 0. The zero-order chi connectivity index (χ0) is 27.9. The minimum atomic E-state index is -3.26. The van der Waals surface area contributed by atoms with Gasteiger partial charge in [-0.25, -0.2) is 5.09 Å². The highest BCUT2D eigenvalue weighted by atomic mass is 32.5. The van der Waals surface area contributed by atoms with Crippen LogP contribution in [0, 0.1) is 0 Å².